The Morgan fingerprint density at radius 2 is 1.84 bits per heavy atom. The van der Waals surface area contributed by atoms with Crippen molar-refractivity contribution in [2.75, 3.05) is 5.75 Å². The Morgan fingerprint density at radius 3 is 2.52 bits per heavy atom. The summed E-state index contributed by atoms with van der Waals surface area (Å²) in [5, 5.41) is 9.54. The topological polar surface area (TPSA) is 83.0 Å². The predicted molar refractivity (Wildman–Crippen MR) is 97.1 cm³/mol. The van der Waals surface area contributed by atoms with E-state index in [-0.39, 0.29) is 12.4 Å². The fourth-order valence-corrected chi connectivity index (χ4v) is 2.97. The van der Waals surface area contributed by atoms with E-state index in [1.165, 1.54) is 11.8 Å². The van der Waals surface area contributed by atoms with Crippen LogP contribution in [0.3, 0.4) is 0 Å². The van der Waals surface area contributed by atoms with E-state index in [1.54, 1.807) is 12.1 Å². The lowest BCUT2D eigenvalue weighted by atomic mass is 10.3. The molecule has 8 heteroatoms. The Morgan fingerprint density at radius 1 is 1.12 bits per heavy atom. The zero-order chi connectivity index (χ0) is 17.6. The maximum atomic E-state index is 11.1. The summed E-state index contributed by atoms with van der Waals surface area (Å²) in [6.07, 6.45) is 0. The van der Waals surface area contributed by atoms with E-state index < -0.39 is 5.91 Å². The van der Waals surface area contributed by atoms with Gasteiger partial charge in [0.2, 0.25) is 5.91 Å². The lowest BCUT2D eigenvalue weighted by Crippen LogP contribution is -2.14. The first-order valence-electron chi connectivity index (χ1n) is 7.42. The number of carbonyl (C=O) groups is 1. The second-order valence-electron chi connectivity index (χ2n) is 5.07. The fraction of sp³-hybridized carbons (Fsp3) is 0.118. The van der Waals surface area contributed by atoms with Crippen molar-refractivity contribution in [3.8, 4) is 11.4 Å². The van der Waals surface area contributed by atoms with E-state index in [1.807, 2.05) is 47.0 Å². The normalized spacial score (nSPS) is 10.6. The van der Waals surface area contributed by atoms with Crippen molar-refractivity contribution < 1.29 is 9.53 Å². The van der Waals surface area contributed by atoms with Gasteiger partial charge in [-0.2, -0.15) is 0 Å². The molecule has 1 amide bonds. The van der Waals surface area contributed by atoms with Crippen LogP contribution < -0.4 is 10.5 Å². The van der Waals surface area contributed by atoms with Gasteiger partial charge in [-0.25, -0.2) is 0 Å². The number of hydrogen-bond acceptors (Lipinski definition) is 5. The fourth-order valence-electron chi connectivity index (χ4n) is 2.14. The number of rotatable bonds is 7. The summed E-state index contributed by atoms with van der Waals surface area (Å²) in [5.74, 6) is 1.04. The Kier molecular flexibility index (Phi) is 5.57. The molecule has 0 radical (unpaired) electrons. The molecule has 3 aromatic rings. The van der Waals surface area contributed by atoms with Crippen molar-refractivity contribution in [2.24, 2.45) is 5.73 Å². The predicted octanol–water partition coefficient (Wildman–Crippen LogP) is 3.08. The molecule has 0 aliphatic rings. The number of amides is 1. The van der Waals surface area contributed by atoms with Crippen molar-refractivity contribution in [2.45, 2.75) is 11.8 Å². The molecule has 3 rings (SSSR count). The first-order chi connectivity index (χ1) is 12.1. The third-order valence-corrected chi connectivity index (χ3v) is 4.44. The molecule has 128 valence electrons. The van der Waals surface area contributed by atoms with Crippen molar-refractivity contribution in [3.05, 3.63) is 65.4 Å². The zero-order valence-electron chi connectivity index (χ0n) is 13.1. The van der Waals surface area contributed by atoms with Gasteiger partial charge in [0.1, 0.15) is 12.4 Å². The minimum atomic E-state index is -0.419. The number of nitrogens with two attached hydrogens (primary N) is 1. The molecule has 2 aromatic carbocycles. The number of hydrogen-bond donors (Lipinski definition) is 1. The summed E-state index contributed by atoms with van der Waals surface area (Å²) < 4.78 is 7.59. The average Bonchev–Trinajstić information content (AvgIpc) is 3.02. The maximum absolute atomic E-state index is 11.1. The highest BCUT2D eigenvalue weighted by Crippen LogP contribution is 2.24. The Hall–Kier alpha value is -2.51. The standard InChI is InChI=1S/C17H15ClN4O2S/c18-12-6-8-13(9-7-12)22-16(10-24-14-4-2-1-3-5-14)20-21-17(22)25-11-15(19)23/h1-9H,10-11H2,(H2,19,23). The summed E-state index contributed by atoms with van der Waals surface area (Å²) >= 11 is 7.19. The number of halogens is 1. The van der Waals surface area contributed by atoms with Crippen LogP contribution >= 0.6 is 23.4 Å². The molecule has 6 nitrogen and oxygen atoms in total. The van der Waals surface area contributed by atoms with Gasteiger partial charge < -0.3 is 10.5 Å². The monoisotopic (exact) mass is 374 g/mol. The summed E-state index contributed by atoms with van der Waals surface area (Å²) in [4.78, 5) is 11.1. The molecule has 2 N–H and O–H groups in total. The van der Waals surface area contributed by atoms with Gasteiger partial charge in [-0.05, 0) is 36.4 Å². The lowest BCUT2D eigenvalue weighted by molar-refractivity contribution is -0.115. The number of para-hydroxylation sites is 1. The zero-order valence-corrected chi connectivity index (χ0v) is 14.7. The molecule has 0 saturated heterocycles. The van der Waals surface area contributed by atoms with Crippen LogP contribution in [0.5, 0.6) is 5.75 Å². The van der Waals surface area contributed by atoms with Gasteiger partial charge in [0.15, 0.2) is 11.0 Å². The molecule has 0 spiro atoms. The van der Waals surface area contributed by atoms with Crippen molar-refractivity contribution in [1.82, 2.24) is 14.8 Å². The van der Waals surface area contributed by atoms with Crippen LogP contribution in [0.25, 0.3) is 5.69 Å². The second-order valence-corrected chi connectivity index (χ2v) is 6.45. The Labute approximate surface area is 154 Å². The molecule has 0 unspecified atom stereocenters. The maximum Gasteiger partial charge on any atom is 0.227 e. The van der Waals surface area contributed by atoms with Gasteiger partial charge in [0, 0.05) is 10.7 Å². The van der Waals surface area contributed by atoms with Crippen LogP contribution in [-0.2, 0) is 11.4 Å². The molecule has 0 aliphatic carbocycles. The Balaban J connectivity index is 1.88. The number of benzene rings is 2. The third-order valence-electron chi connectivity index (χ3n) is 3.24. The largest absolute Gasteiger partial charge is 0.486 e. The molecular formula is C17H15ClN4O2S. The van der Waals surface area contributed by atoms with Gasteiger partial charge >= 0.3 is 0 Å². The third kappa shape index (κ3) is 4.52. The van der Waals surface area contributed by atoms with E-state index in [2.05, 4.69) is 10.2 Å². The first kappa shape index (κ1) is 17.3. The first-order valence-corrected chi connectivity index (χ1v) is 8.79. The molecule has 0 saturated carbocycles. The molecule has 0 fully saturated rings. The molecular weight excluding hydrogens is 360 g/mol. The number of carbonyl (C=O) groups excluding carboxylic acids is 1. The highest BCUT2D eigenvalue weighted by molar-refractivity contribution is 7.99. The summed E-state index contributed by atoms with van der Waals surface area (Å²) in [6, 6.07) is 16.7. The molecule has 0 bridgehead atoms. The molecule has 0 aliphatic heterocycles. The minimum absolute atomic E-state index is 0.116. The SMILES string of the molecule is NC(=O)CSc1nnc(COc2ccccc2)n1-c1ccc(Cl)cc1. The molecule has 1 aromatic heterocycles. The van der Waals surface area contributed by atoms with Crippen molar-refractivity contribution in [1.29, 1.82) is 0 Å². The summed E-state index contributed by atoms with van der Waals surface area (Å²) in [7, 11) is 0. The number of thioether (sulfide) groups is 1. The van der Waals surface area contributed by atoms with E-state index in [4.69, 9.17) is 22.1 Å². The molecule has 1 heterocycles. The highest BCUT2D eigenvalue weighted by atomic mass is 35.5. The van der Waals surface area contributed by atoms with Crippen molar-refractivity contribution in [3.63, 3.8) is 0 Å². The average molecular weight is 375 g/mol. The number of ether oxygens (including phenoxy) is 1. The van der Waals surface area contributed by atoms with Gasteiger partial charge in [0.25, 0.3) is 0 Å². The van der Waals surface area contributed by atoms with E-state index in [0.717, 1.165) is 11.4 Å². The quantitative estimate of drug-likeness (QED) is 0.642. The van der Waals surface area contributed by atoms with Crippen molar-refractivity contribution >= 4 is 29.3 Å². The second kappa shape index (κ2) is 8.04. The van der Waals surface area contributed by atoms with Crippen LogP contribution in [0.2, 0.25) is 5.02 Å². The van der Waals surface area contributed by atoms with Crippen LogP contribution in [0.15, 0.2) is 59.8 Å². The smallest absolute Gasteiger partial charge is 0.227 e. The lowest BCUT2D eigenvalue weighted by Gasteiger charge is -2.11. The summed E-state index contributed by atoms with van der Waals surface area (Å²) in [5.41, 5.74) is 6.06. The highest BCUT2D eigenvalue weighted by Gasteiger charge is 2.16. The van der Waals surface area contributed by atoms with Gasteiger partial charge in [-0.1, -0.05) is 41.6 Å². The van der Waals surface area contributed by atoms with Crippen LogP contribution in [0, 0.1) is 0 Å². The van der Waals surface area contributed by atoms with Gasteiger partial charge in [-0.3, -0.25) is 9.36 Å². The number of aromatic nitrogens is 3. The van der Waals surface area contributed by atoms with Gasteiger partial charge in [-0.15, -0.1) is 10.2 Å². The number of nitrogens with zero attached hydrogens (tertiary/aromatic N) is 3. The Bertz CT molecular complexity index is 853. The molecule has 25 heavy (non-hydrogen) atoms. The van der Waals surface area contributed by atoms with Crippen LogP contribution in [0.4, 0.5) is 0 Å². The van der Waals surface area contributed by atoms with Gasteiger partial charge in [0.05, 0.1) is 5.75 Å². The van der Waals surface area contributed by atoms with Crippen LogP contribution in [-0.4, -0.2) is 26.4 Å². The number of primary amides is 1. The van der Waals surface area contributed by atoms with Crippen LogP contribution in [0.1, 0.15) is 5.82 Å². The molecule has 0 atom stereocenters. The summed E-state index contributed by atoms with van der Waals surface area (Å²) in [6.45, 7) is 0.233. The minimum Gasteiger partial charge on any atom is -0.486 e. The van der Waals surface area contributed by atoms with E-state index in [0.29, 0.717) is 16.0 Å². The van der Waals surface area contributed by atoms with E-state index in [9.17, 15) is 4.79 Å². The van der Waals surface area contributed by atoms with E-state index >= 15 is 0 Å².